The third-order valence-electron chi connectivity index (χ3n) is 4.89. The highest BCUT2D eigenvalue weighted by Gasteiger charge is 2.28. The lowest BCUT2D eigenvalue weighted by Crippen LogP contribution is -2.41. The summed E-state index contributed by atoms with van der Waals surface area (Å²) in [7, 11) is 0. The van der Waals surface area contributed by atoms with E-state index in [1.54, 1.807) is 38.2 Å². The van der Waals surface area contributed by atoms with Gasteiger partial charge in [-0.15, -0.1) is 0 Å². The zero-order chi connectivity index (χ0) is 25.7. The van der Waals surface area contributed by atoms with Crippen molar-refractivity contribution >= 4 is 11.9 Å². The maximum Gasteiger partial charge on any atom is 0.409 e. The molecule has 0 bridgehead atoms. The first-order valence-electron chi connectivity index (χ1n) is 11.1. The second kappa shape index (κ2) is 14.1. The third kappa shape index (κ3) is 9.68. The Balaban J connectivity index is 3.31. The topological polar surface area (TPSA) is 75.6 Å². The number of carbonyl (C=O) groups is 2. The molecule has 0 aliphatic heterocycles. The molecule has 2 N–H and O–H groups in total. The van der Waals surface area contributed by atoms with Gasteiger partial charge in [-0.25, -0.2) is 4.79 Å². The van der Waals surface area contributed by atoms with E-state index in [-0.39, 0.29) is 30.6 Å². The van der Waals surface area contributed by atoms with Crippen LogP contribution in [0.4, 0.5) is 13.2 Å². The van der Waals surface area contributed by atoms with Crippen LogP contribution in [0.2, 0.25) is 0 Å². The van der Waals surface area contributed by atoms with Gasteiger partial charge in [-0.3, -0.25) is 4.79 Å². The molecule has 34 heavy (non-hydrogen) atoms. The van der Waals surface area contributed by atoms with Gasteiger partial charge in [-0.1, -0.05) is 69.4 Å². The van der Waals surface area contributed by atoms with E-state index < -0.39 is 24.1 Å². The molecule has 0 saturated carbocycles. The van der Waals surface area contributed by atoms with E-state index in [9.17, 15) is 27.9 Å². The quantitative estimate of drug-likeness (QED) is 0.359. The SMILES string of the molecule is C\C=C/C(=C\C=C\C(F)(F)F)COC1=C(C(=O)NC(CC)C(=O)O)C=C/C(=C/C=C\CC)C1C. The van der Waals surface area contributed by atoms with Gasteiger partial charge >= 0.3 is 12.1 Å². The van der Waals surface area contributed by atoms with Crippen molar-refractivity contribution in [2.75, 3.05) is 6.61 Å². The number of nitrogens with one attached hydrogen (secondary N) is 1. The minimum atomic E-state index is -4.43. The monoisotopic (exact) mass is 479 g/mol. The fourth-order valence-corrected chi connectivity index (χ4v) is 3.08. The fraction of sp³-hybridized carbons (Fsp3) is 0.385. The summed E-state index contributed by atoms with van der Waals surface area (Å²) in [6, 6.07) is -1.06. The Hall–Kier alpha value is -3.29. The Kier molecular flexibility index (Phi) is 11.9. The van der Waals surface area contributed by atoms with Crippen LogP contribution in [0.3, 0.4) is 0 Å². The zero-order valence-corrected chi connectivity index (χ0v) is 19.9. The summed E-state index contributed by atoms with van der Waals surface area (Å²) in [4.78, 5) is 24.2. The number of hydrogen-bond acceptors (Lipinski definition) is 3. The molecule has 186 valence electrons. The molecule has 1 aliphatic rings. The molecule has 0 fully saturated rings. The molecule has 0 aromatic rings. The Bertz CT molecular complexity index is 934. The molecule has 0 aromatic heterocycles. The lowest BCUT2D eigenvalue weighted by Gasteiger charge is -2.25. The van der Waals surface area contributed by atoms with E-state index in [0.717, 1.165) is 18.1 Å². The van der Waals surface area contributed by atoms with Crippen LogP contribution in [0.25, 0.3) is 0 Å². The molecule has 1 amide bonds. The second-order valence-corrected chi connectivity index (χ2v) is 7.54. The van der Waals surface area contributed by atoms with E-state index >= 15 is 0 Å². The normalized spacial score (nSPS) is 19.6. The van der Waals surface area contributed by atoms with Crippen molar-refractivity contribution in [3.05, 3.63) is 83.2 Å². The van der Waals surface area contributed by atoms with Crippen molar-refractivity contribution in [2.45, 2.75) is 52.8 Å². The fourth-order valence-electron chi connectivity index (χ4n) is 3.08. The smallest absolute Gasteiger partial charge is 0.409 e. The van der Waals surface area contributed by atoms with Gasteiger partial charge in [-0.2, -0.15) is 13.2 Å². The maximum absolute atomic E-state index is 12.9. The summed E-state index contributed by atoms with van der Waals surface area (Å²) < 4.78 is 43.3. The number of amides is 1. The minimum Gasteiger partial charge on any atom is -0.492 e. The predicted octanol–water partition coefficient (Wildman–Crippen LogP) is 5.96. The minimum absolute atomic E-state index is 0.0783. The summed E-state index contributed by atoms with van der Waals surface area (Å²) in [5.74, 6) is -1.77. The average Bonchev–Trinajstić information content (AvgIpc) is 2.76. The number of hydrogen-bond donors (Lipinski definition) is 2. The van der Waals surface area contributed by atoms with E-state index in [1.807, 2.05) is 32.1 Å². The lowest BCUT2D eigenvalue weighted by molar-refractivity contribution is -0.141. The standard InChI is InChI=1S/C26H32F3NO4/c1-5-8-9-13-20-14-15-21(24(31)30-22(7-3)25(32)33)23(18(20)4)34-17-19(11-6-2)12-10-16-26(27,28)29/h6,8-16,18,22H,5,7,17H2,1-4H3,(H,30,31)(H,32,33)/b9-8-,11-6-,16-10+,19-12+,20-13-. The summed E-state index contributed by atoms with van der Waals surface area (Å²) in [6.45, 7) is 7.14. The number of halogens is 3. The van der Waals surface area contributed by atoms with Crippen molar-refractivity contribution in [1.29, 1.82) is 0 Å². The summed E-state index contributed by atoms with van der Waals surface area (Å²) in [5.41, 5.74) is 1.51. The van der Waals surface area contributed by atoms with Gasteiger partial charge in [0.15, 0.2) is 0 Å². The first kappa shape index (κ1) is 28.7. The molecule has 2 atom stereocenters. The molecule has 0 radical (unpaired) electrons. The largest absolute Gasteiger partial charge is 0.492 e. The van der Waals surface area contributed by atoms with Crippen LogP contribution < -0.4 is 5.32 Å². The van der Waals surface area contributed by atoms with E-state index in [0.29, 0.717) is 11.3 Å². The average molecular weight is 480 g/mol. The van der Waals surface area contributed by atoms with Gasteiger partial charge in [0.25, 0.3) is 5.91 Å². The van der Waals surface area contributed by atoms with Crippen molar-refractivity contribution in [1.82, 2.24) is 5.32 Å². The van der Waals surface area contributed by atoms with Crippen LogP contribution in [0.1, 0.15) is 40.5 Å². The van der Waals surface area contributed by atoms with Crippen LogP contribution in [0.5, 0.6) is 0 Å². The van der Waals surface area contributed by atoms with Crippen LogP contribution in [0.15, 0.2) is 83.2 Å². The van der Waals surface area contributed by atoms with Gasteiger partial charge in [0, 0.05) is 12.0 Å². The van der Waals surface area contributed by atoms with E-state index in [4.69, 9.17) is 4.74 Å². The van der Waals surface area contributed by atoms with Gasteiger partial charge in [0.2, 0.25) is 0 Å². The predicted molar refractivity (Wildman–Crippen MR) is 127 cm³/mol. The maximum atomic E-state index is 12.9. The Labute approximate surface area is 198 Å². The van der Waals surface area contributed by atoms with Crippen LogP contribution >= 0.6 is 0 Å². The molecule has 8 heteroatoms. The number of carbonyl (C=O) groups excluding carboxylic acids is 1. The summed E-state index contributed by atoms with van der Waals surface area (Å²) >= 11 is 0. The summed E-state index contributed by atoms with van der Waals surface area (Å²) in [6.07, 6.45) is 11.3. The van der Waals surface area contributed by atoms with Crippen molar-refractivity contribution in [3.8, 4) is 0 Å². The highest BCUT2D eigenvalue weighted by Crippen LogP contribution is 2.31. The molecule has 0 heterocycles. The van der Waals surface area contributed by atoms with Crippen LogP contribution in [-0.2, 0) is 14.3 Å². The third-order valence-corrected chi connectivity index (χ3v) is 4.89. The van der Waals surface area contributed by atoms with Gasteiger partial charge < -0.3 is 15.2 Å². The van der Waals surface area contributed by atoms with E-state index in [1.165, 1.54) is 6.08 Å². The first-order valence-corrected chi connectivity index (χ1v) is 11.1. The highest BCUT2D eigenvalue weighted by molar-refractivity contribution is 5.99. The lowest BCUT2D eigenvalue weighted by atomic mass is 9.89. The van der Waals surface area contributed by atoms with Gasteiger partial charge in [-0.05, 0) is 37.0 Å². The highest BCUT2D eigenvalue weighted by atomic mass is 19.4. The van der Waals surface area contributed by atoms with Crippen molar-refractivity contribution < 1.29 is 32.6 Å². The number of aliphatic carboxylic acids is 1. The number of ether oxygens (including phenoxy) is 1. The molecule has 5 nitrogen and oxygen atoms in total. The molecule has 0 spiro atoms. The molecule has 2 unspecified atom stereocenters. The molecular formula is C26H32F3NO4. The van der Waals surface area contributed by atoms with Gasteiger partial charge in [0.05, 0.1) is 5.57 Å². The molecule has 0 saturated heterocycles. The molecule has 0 aromatic carbocycles. The second-order valence-electron chi connectivity index (χ2n) is 7.54. The number of allylic oxidation sites excluding steroid dienone is 9. The van der Waals surface area contributed by atoms with E-state index in [2.05, 4.69) is 5.32 Å². The Morgan fingerprint density at radius 3 is 2.50 bits per heavy atom. The van der Waals surface area contributed by atoms with Crippen molar-refractivity contribution in [2.24, 2.45) is 5.92 Å². The zero-order valence-electron chi connectivity index (χ0n) is 19.9. The molecule has 1 aliphatic carbocycles. The Morgan fingerprint density at radius 1 is 1.24 bits per heavy atom. The Morgan fingerprint density at radius 2 is 1.94 bits per heavy atom. The number of rotatable bonds is 11. The first-order chi connectivity index (χ1) is 16.0. The summed E-state index contributed by atoms with van der Waals surface area (Å²) in [5, 5.41) is 11.8. The molecule has 1 rings (SSSR count). The van der Waals surface area contributed by atoms with Crippen LogP contribution in [-0.4, -0.2) is 35.8 Å². The number of carboxylic acids is 1. The molecular weight excluding hydrogens is 447 g/mol. The van der Waals surface area contributed by atoms with Crippen LogP contribution in [0, 0.1) is 5.92 Å². The number of alkyl halides is 3. The number of carboxylic acid groups (broad SMARTS) is 1. The van der Waals surface area contributed by atoms with Gasteiger partial charge in [0.1, 0.15) is 18.4 Å². The van der Waals surface area contributed by atoms with Crippen molar-refractivity contribution in [3.63, 3.8) is 0 Å².